The molecule has 0 radical (unpaired) electrons. The van der Waals surface area contributed by atoms with Crippen molar-refractivity contribution in [3.63, 3.8) is 0 Å². The van der Waals surface area contributed by atoms with Crippen LogP contribution in [0.2, 0.25) is 0 Å². The SMILES string of the molecule is c1ccc(B2OC[C@@H]([C@@H]3COB(c4ccccc4)O3)O2)cc1. The molecule has 2 aliphatic heterocycles. The summed E-state index contributed by atoms with van der Waals surface area (Å²) in [4.78, 5) is 0. The molecule has 110 valence electrons. The Labute approximate surface area is 130 Å². The van der Waals surface area contributed by atoms with E-state index in [0.717, 1.165) is 10.9 Å². The standard InChI is InChI=1S/C16H16B2O4/c1-3-7-13(8-4-1)17-19-11-15(21-17)16-12-20-18(22-16)14-9-5-2-6-10-14/h1-10,15-16H,11-12H2/t15-,16-/m0/s1. The van der Waals surface area contributed by atoms with Gasteiger partial charge in [0.25, 0.3) is 0 Å². The Balaban J connectivity index is 1.38. The van der Waals surface area contributed by atoms with E-state index in [1.54, 1.807) is 0 Å². The van der Waals surface area contributed by atoms with Crippen molar-refractivity contribution in [3.8, 4) is 0 Å². The molecule has 0 aromatic heterocycles. The summed E-state index contributed by atoms with van der Waals surface area (Å²) >= 11 is 0. The molecule has 0 unspecified atom stereocenters. The molecule has 2 aliphatic rings. The van der Waals surface area contributed by atoms with Gasteiger partial charge in [-0.3, -0.25) is 0 Å². The van der Waals surface area contributed by atoms with Crippen molar-refractivity contribution in [1.29, 1.82) is 0 Å². The van der Waals surface area contributed by atoms with Gasteiger partial charge in [-0.15, -0.1) is 0 Å². The molecule has 6 heteroatoms. The van der Waals surface area contributed by atoms with Gasteiger partial charge in [0, 0.05) is 0 Å². The van der Waals surface area contributed by atoms with Crippen LogP contribution in [0.1, 0.15) is 0 Å². The maximum atomic E-state index is 5.99. The van der Waals surface area contributed by atoms with Gasteiger partial charge in [0.15, 0.2) is 0 Å². The summed E-state index contributed by atoms with van der Waals surface area (Å²) in [7, 11) is -0.629. The molecule has 0 aliphatic carbocycles. The minimum atomic E-state index is -0.314. The number of benzene rings is 2. The molecule has 2 aromatic carbocycles. The van der Waals surface area contributed by atoms with Crippen molar-refractivity contribution < 1.29 is 18.6 Å². The highest BCUT2D eigenvalue weighted by atomic mass is 16.7. The lowest BCUT2D eigenvalue weighted by atomic mass is 9.79. The highest BCUT2D eigenvalue weighted by molar-refractivity contribution is 6.62. The van der Waals surface area contributed by atoms with E-state index in [9.17, 15) is 0 Å². The molecule has 0 amide bonds. The van der Waals surface area contributed by atoms with Gasteiger partial charge in [-0.1, -0.05) is 60.7 Å². The quantitative estimate of drug-likeness (QED) is 0.777. The molecule has 0 N–H and O–H groups in total. The topological polar surface area (TPSA) is 36.9 Å². The van der Waals surface area contributed by atoms with Gasteiger partial charge in [0.1, 0.15) is 0 Å². The van der Waals surface area contributed by atoms with Gasteiger partial charge >= 0.3 is 14.2 Å². The van der Waals surface area contributed by atoms with E-state index in [4.69, 9.17) is 18.6 Å². The van der Waals surface area contributed by atoms with Gasteiger partial charge in [0.2, 0.25) is 0 Å². The highest BCUT2D eigenvalue weighted by Crippen LogP contribution is 2.20. The normalized spacial score (nSPS) is 24.9. The smallest absolute Gasteiger partial charge is 0.405 e. The fourth-order valence-electron chi connectivity index (χ4n) is 2.80. The average molecular weight is 294 g/mol. The van der Waals surface area contributed by atoms with E-state index in [2.05, 4.69) is 0 Å². The zero-order chi connectivity index (χ0) is 14.8. The van der Waals surface area contributed by atoms with Crippen molar-refractivity contribution in [2.45, 2.75) is 12.2 Å². The van der Waals surface area contributed by atoms with E-state index in [1.165, 1.54) is 0 Å². The molecule has 4 rings (SSSR count). The predicted octanol–water partition coefficient (Wildman–Crippen LogP) is 0.608. The van der Waals surface area contributed by atoms with Crippen LogP contribution in [0.5, 0.6) is 0 Å². The van der Waals surface area contributed by atoms with E-state index in [-0.39, 0.29) is 26.4 Å². The third kappa shape index (κ3) is 2.83. The molecule has 2 saturated heterocycles. The fourth-order valence-corrected chi connectivity index (χ4v) is 2.80. The zero-order valence-electron chi connectivity index (χ0n) is 12.1. The first-order valence-electron chi connectivity index (χ1n) is 7.54. The number of hydrogen-bond donors (Lipinski definition) is 0. The lowest BCUT2D eigenvalue weighted by molar-refractivity contribution is 0.0817. The Hall–Kier alpha value is -1.59. The molecular formula is C16H16B2O4. The summed E-state index contributed by atoms with van der Waals surface area (Å²) in [5, 5.41) is 0. The lowest BCUT2D eigenvalue weighted by Gasteiger charge is -2.16. The zero-order valence-corrected chi connectivity index (χ0v) is 12.1. The third-order valence-corrected chi connectivity index (χ3v) is 3.98. The summed E-state index contributed by atoms with van der Waals surface area (Å²) in [6, 6.07) is 19.9. The molecule has 4 nitrogen and oxygen atoms in total. The van der Waals surface area contributed by atoms with Crippen molar-refractivity contribution in [2.24, 2.45) is 0 Å². The first-order chi connectivity index (χ1) is 10.9. The second-order valence-electron chi connectivity index (χ2n) is 5.50. The van der Waals surface area contributed by atoms with Crippen LogP contribution in [-0.4, -0.2) is 39.7 Å². The van der Waals surface area contributed by atoms with Gasteiger partial charge in [0.05, 0.1) is 25.4 Å². The lowest BCUT2D eigenvalue weighted by Crippen LogP contribution is -2.38. The van der Waals surface area contributed by atoms with Crippen LogP contribution >= 0.6 is 0 Å². The van der Waals surface area contributed by atoms with Crippen molar-refractivity contribution in [1.82, 2.24) is 0 Å². The Bertz CT molecular complexity index is 555. The number of hydrogen-bond acceptors (Lipinski definition) is 4. The van der Waals surface area contributed by atoms with E-state index < -0.39 is 0 Å². The summed E-state index contributed by atoms with van der Waals surface area (Å²) in [6.45, 7) is 1.05. The Morgan fingerprint density at radius 1 is 0.636 bits per heavy atom. The summed E-state index contributed by atoms with van der Waals surface area (Å²) in [6.07, 6.45) is -0.196. The third-order valence-electron chi connectivity index (χ3n) is 3.98. The maximum absolute atomic E-state index is 5.99. The molecular weight excluding hydrogens is 278 g/mol. The van der Waals surface area contributed by atoms with E-state index >= 15 is 0 Å². The molecule has 0 bridgehead atoms. The van der Waals surface area contributed by atoms with E-state index in [0.29, 0.717) is 13.2 Å². The van der Waals surface area contributed by atoms with Gasteiger partial charge in [-0.2, -0.15) is 0 Å². The van der Waals surface area contributed by atoms with Crippen molar-refractivity contribution >= 4 is 25.2 Å². The second kappa shape index (κ2) is 6.26. The minimum absolute atomic E-state index is 0.0982. The Morgan fingerprint density at radius 3 is 1.45 bits per heavy atom. The molecule has 0 spiro atoms. The molecule has 2 aromatic rings. The van der Waals surface area contributed by atoms with Gasteiger partial charge < -0.3 is 18.6 Å². The molecule has 2 fully saturated rings. The van der Waals surface area contributed by atoms with Crippen molar-refractivity contribution in [3.05, 3.63) is 60.7 Å². The summed E-state index contributed by atoms with van der Waals surface area (Å²) < 4.78 is 23.5. The van der Waals surface area contributed by atoms with Crippen LogP contribution in [-0.2, 0) is 18.6 Å². The van der Waals surface area contributed by atoms with Gasteiger partial charge in [-0.05, 0) is 10.9 Å². The second-order valence-corrected chi connectivity index (χ2v) is 5.50. The maximum Gasteiger partial charge on any atom is 0.494 e. The first kappa shape index (κ1) is 14.0. The number of rotatable bonds is 3. The van der Waals surface area contributed by atoms with Crippen LogP contribution in [0.25, 0.3) is 0 Å². The summed E-state index contributed by atoms with van der Waals surface area (Å²) in [5.41, 5.74) is 2.06. The summed E-state index contributed by atoms with van der Waals surface area (Å²) in [5.74, 6) is 0. The Kier molecular flexibility index (Phi) is 3.99. The molecule has 22 heavy (non-hydrogen) atoms. The molecule has 2 atom stereocenters. The molecule has 2 heterocycles. The first-order valence-corrected chi connectivity index (χ1v) is 7.54. The highest BCUT2D eigenvalue weighted by Gasteiger charge is 2.43. The van der Waals surface area contributed by atoms with Crippen LogP contribution in [0, 0.1) is 0 Å². The van der Waals surface area contributed by atoms with Crippen LogP contribution in [0.3, 0.4) is 0 Å². The fraction of sp³-hybridized carbons (Fsp3) is 0.250. The average Bonchev–Trinajstić information content (AvgIpc) is 3.26. The van der Waals surface area contributed by atoms with Crippen molar-refractivity contribution in [2.75, 3.05) is 13.2 Å². The minimum Gasteiger partial charge on any atom is -0.405 e. The van der Waals surface area contributed by atoms with Crippen LogP contribution < -0.4 is 10.9 Å². The van der Waals surface area contributed by atoms with Crippen LogP contribution in [0.15, 0.2) is 60.7 Å². The van der Waals surface area contributed by atoms with Crippen LogP contribution in [0.4, 0.5) is 0 Å². The van der Waals surface area contributed by atoms with E-state index in [1.807, 2.05) is 60.7 Å². The van der Waals surface area contributed by atoms with Gasteiger partial charge in [-0.25, -0.2) is 0 Å². The largest absolute Gasteiger partial charge is 0.494 e. The Morgan fingerprint density at radius 2 is 1.05 bits per heavy atom. The monoisotopic (exact) mass is 294 g/mol. The predicted molar refractivity (Wildman–Crippen MR) is 85.3 cm³/mol. The molecule has 0 saturated carbocycles.